The van der Waals surface area contributed by atoms with E-state index in [9.17, 15) is 18.0 Å². The minimum atomic E-state index is -3.62. The van der Waals surface area contributed by atoms with Crippen LogP contribution in [0.15, 0.2) is 46.9 Å². The molecule has 38 heavy (non-hydrogen) atoms. The molecule has 9 nitrogen and oxygen atoms in total. The molecule has 208 valence electrons. The van der Waals surface area contributed by atoms with Crippen LogP contribution in [0.3, 0.4) is 0 Å². The molecular formula is C27H36BrN3O6S. The molecule has 1 aliphatic heterocycles. The van der Waals surface area contributed by atoms with Crippen LogP contribution in [0.4, 0.5) is 5.69 Å². The van der Waals surface area contributed by atoms with Crippen molar-refractivity contribution in [2.45, 2.75) is 52.1 Å². The highest BCUT2D eigenvalue weighted by molar-refractivity contribution is 9.10. The highest BCUT2D eigenvalue weighted by atomic mass is 79.9. The summed E-state index contributed by atoms with van der Waals surface area (Å²) < 4.78 is 38.5. The number of rotatable bonds is 13. The van der Waals surface area contributed by atoms with Crippen LogP contribution in [0.25, 0.3) is 0 Å². The lowest BCUT2D eigenvalue weighted by atomic mass is 10.1. The number of hydrogen-bond acceptors (Lipinski definition) is 6. The molecule has 0 bridgehead atoms. The van der Waals surface area contributed by atoms with Crippen LogP contribution in [-0.2, 0) is 26.2 Å². The van der Waals surface area contributed by atoms with E-state index < -0.39 is 16.1 Å². The van der Waals surface area contributed by atoms with E-state index in [1.54, 1.807) is 30.0 Å². The third kappa shape index (κ3) is 8.36. The number of amides is 2. The van der Waals surface area contributed by atoms with Gasteiger partial charge >= 0.3 is 0 Å². The fourth-order valence-electron chi connectivity index (χ4n) is 4.14. The number of carbonyl (C=O) groups excluding carboxylic acids is 2. The van der Waals surface area contributed by atoms with Gasteiger partial charge in [-0.15, -0.1) is 0 Å². The predicted molar refractivity (Wildman–Crippen MR) is 151 cm³/mol. The predicted octanol–water partition coefficient (Wildman–Crippen LogP) is 4.10. The molecule has 2 amide bonds. The minimum absolute atomic E-state index is 0.0805. The van der Waals surface area contributed by atoms with Crippen LogP contribution in [0, 0.1) is 0 Å². The Morgan fingerprint density at radius 1 is 1.08 bits per heavy atom. The molecule has 0 aliphatic carbocycles. The number of ether oxygens (including phenoxy) is 2. The van der Waals surface area contributed by atoms with E-state index in [0.717, 1.165) is 29.1 Å². The number of benzene rings is 2. The van der Waals surface area contributed by atoms with Crippen LogP contribution in [0.5, 0.6) is 11.5 Å². The van der Waals surface area contributed by atoms with Crippen molar-refractivity contribution in [3.05, 3.63) is 52.5 Å². The van der Waals surface area contributed by atoms with Crippen molar-refractivity contribution >= 4 is 43.5 Å². The van der Waals surface area contributed by atoms with E-state index >= 15 is 0 Å². The maximum absolute atomic E-state index is 13.4. The van der Waals surface area contributed by atoms with Crippen molar-refractivity contribution in [2.75, 3.05) is 36.9 Å². The number of fused-ring (bicyclic) bond motifs is 1. The second-order valence-corrected chi connectivity index (χ2v) is 12.1. The summed E-state index contributed by atoms with van der Waals surface area (Å²) in [5, 5.41) is 2.90. The van der Waals surface area contributed by atoms with Gasteiger partial charge in [0.25, 0.3) is 0 Å². The molecule has 0 radical (unpaired) electrons. The van der Waals surface area contributed by atoms with Crippen LogP contribution in [0.2, 0.25) is 0 Å². The summed E-state index contributed by atoms with van der Waals surface area (Å²) in [6.07, 6.45) is 3.30. The second kappa shape index (κ2) is 13.8. The number of unbranched alkanes of at least 4 members (excludes halogenated alkanes) is 1. The van der Waals surface area contributed by atoms with Gasteiger partial charge in [0.15, 0.2) is 11.5 Å². The van der Waals surface area contributed by atoms with Crippen LogP contribution in [-0.4, -0.2) is 63.7 Å². The Kier molecular flexibility index (Phi) is 10.8. The van der Waals surface area contributed by atoms with Crippen molar-refractivity contribution in [1.29, 1.82) is 0 Å². The minimum Gasteiger partial charge on any atom is -0.486 e. The Morgan fingerprint density at radius 2 is 1.82 bits per heavy atom. The monoisotopic (exact) mass is 609 g/mol. The zero-order valence-corrected chi connectivity index (χ0v) is 24.5. The maximum Gasteiger partial charge on any atom is 0.242 e. The van der Waals surface area contributed by atoms with E-state index in [0.29, 0.717) is 36.9 Å². The van der Waals surface area contributed by atoms with Gasteiger partial charge in [0.1, 0.15) is 19.3 Å². The fourth-order valence-corrected chi connectivity index (χ4v) is 5.55. The van der Waals surface area contributed by atoms with Crippen LogP contribution in [0.1, 0.15) is 45.1 Å². The van der Waals surface area contributed by atoms with E-state index in [-0.39, 0.29) is 37.7 Å². The Morgan fingerprint density at radius 3 is 2.50 bits per heavy atom. The molecule has 0 saturated carbocycles. The molecule has 0 spiro atoms. The lowest BCUT2D eigenvalue weighted by Crippen LogP contribution is -2.48. The topological polar surface area (TPSA) is 105 Å². The first-order valence-corrected chi connectivity index (χ1v) is 15.4. The molecule has 0 aromatic heterocycles. The summed E-state index contributed by atoms with van der Waals surface area (Å²) in [5.41, 5.74) is 1.33. The second-order valence-electron chi connectivity index (χ2n) is 9.24. The zero-order valence-electron chi connectivity index (χ0n) is 22.1. The van der Waals surface area contributed by atoms with E-state index in [1.165, 1.54) is 4.31 Å². The quantitative estimate of drug-likeness (QED) is 0.343. The van der Waals surface area contributed by atoms with Gasteiger partial charge in [0, 0.05) is 36.6 Å². The van der Waals surface area contributed by atoms with E-state index in [2.05, 4.69) is 21.2 Å². The Labute approximate surface area is 233 Å². The highest BCUT2D eigenvalue weighted by Gasteiger charge is 2.27. The first-order valence-electron chi connectivity index (χ1n) is 12.8. The summed E-state index contributed by atoms with van der Waals surface area (Å²) in [4.78, 5) is 27.8. The molecule has 0 fully saturated rings. The van der Waals surface area contributed by atoms with Crippen molar-refractivity contribution in [3.63, 3.8) is 0 Å². The first kappa shape index (κ1) is 29.8. The lowest BCUT2D eigenvalue weighted by Gasteiger charge is -2.29. The summed E-state index contributed by atoms with van der Waals surface area (Å²) in [7, 11) is -3.62. The third-order valence-corrected chi connectivity index (χ3v) is 7.89. The van der Waals surface area contributed by atoms with Crippen LogP contribution >= 0.6 is 15.9 Å². The summed E-state index contributed by atoms with van der Waals surface area (Å²) in [6, 6.07) is 11.9. The molecule has 2 aromatic rings. The molecule has 1 aliphatic rings. The standard InChI is InChI=1S/C27H36BrN3O6S/c1-4-5-13-29-27(33)20(2)30(19-21-8-6-9-22(28)17-21)26(32)10-7-14-31(38(3,34)35)23-11-12-24-25(18-23)37-16-15-36-24/h6,8-9,11-12,17-18,20H,4-5,7,10,13-16,19H2,1-3H3,(H,29,33). The Balaban J connectivity index is 1.72. The van der Waals surface area contributed by atoms with Gasteiger partial charge in [-0.3, -0.25) is 13.9 Å². The molecule has 1 atom stereocenters. The van der Waals surface area contributed by atoms with Gasteiger partial charge in [0.2, 0.25) is 21.8 Å². The molecule has 11 heteroatoms. The molecular weight excluding hydrogens is 574 g/mol. The number of nitrogens with zero attached hydrogens (tertiary/aromatic N) is 2. The van der Waals surface area contributed by atoms with E-state index in [4.69, 9.17) is 9.47 Å². The molecule has 3 rings (SSSR count). The number of nitrogens with one attached hydrogen (secondary N) is 1. The number of carbonyl (C=O) groups is 2. The largest absolute Gasteiger partial charge is 0.486 e. The Bertz CT molecular complexity index is 1220. The maximum atomic E-state index is 13.4. The van der Waals surface area contributed by atoms with Gasteiger partial charge in [-0.1, -0.05) is 41.4 Å². The molecule has 2 aromatic carbocycles. The van der Waals surface area contributed by atoms with Gasteiger partial charge < -0.3 is 19.7 Å². The SMILES string of the molecule is CCCCNC(=O)C(C)N(Cc1cccc(Br)c1)C(=O)CCCN(c1ccc2c(c1)OCCO2)S(C)(=O)=O. The summed E-state index contributed by atoms with van der Waals surface area (Å²) in [6.45, 7) is 5.51. The smallest absolute Gasteiger partial charge is 0.242 e. The van der Waals surface area contributed by atoms with Gasteiger partial charge in [-0.2, -0.15) is 0 Å². The van der Waals surface area contributed by atoms with Crippen LogP contribution < -0.4 is 19.1 Å². The van der Waals surface area contributed by atoms with Gasteiger partial charge in [0.05, 0.1) is 11.9 Å². The third-order valence-electron chi connectivity index (χ3n) is 6.20. The van der Waals surface area contributed by atoms with Crippen molar-refractivity contribution in [2.24, 2.45) is 0 Å². The Hall–Kier alpha value is -2.79. The lowest BCUT2D eigenvalue weighted by molar-refractivity contribution is -0.140. The molecule has 1 unspecified atom stereocenters. The normalized spacial score (nSPS) is 13.5. The average molecular weight is 611 g/mol. The number of halogens is 1. The van der Waals surface area contributed by atoms with Gasteiger partial charge in [-0.05, 0) is 49.6 Å². The number of anilines is 1. The average Bonchev–Trinajstić information content (AvgIpc) is 2.88. The molecule has 0 saturated heterocycles. The first-order chi connectivity index (χ1) is 18.1. The highest BCUT2D eigenvalue weighted by Crippen LogP contribution is 2.34. The molecule has 1 N–H and O–H groups in total. The van der Waals surface area contributed by atoms with E-state index in [1.807, 2.05) is 31.2 Å². The van der Waals surface area contributed by atoms with Crippen molar-refractivity contribution < 1.29 is 27.5 Å². The van der Waals surface area contributed by atoms with Crippen molar-refractivity contribution in [1.82, 2.24) is 10.2 Å². The molecule has 1 heterocycles. The zero-order chi connectivity index (χ0) is 27.7. The summed E-state index contributed by atoms with van der Waals surface area (Å²) in [5.74, 6) is 0.620. The van der Waals surface area contributed by atoms with Crippen molar-refractivity contribution in [3.8, 4) is 11.5 Å². The van der Waals surface area contributed by atoms with Gasteiger partial charge in [-0.25, -0.2) is 8.42 Å². The summed E-state index contributed by atoms with van der Waals surface area (Å²) >= 11 is 3.46. The number of sulfonamides is 1. The fraction of sp³-hybridized carbons (Fsp3) is 0.481. The number of hydrogen-bond donors (Lipinski definition) is 1.